The van der Waals surface area contributed by atoms with E-state index in [9.17, 15) is 5.11 Å². The van der Waals surface area contributed by atoms with E-state index in [1.165, 1.54) is 6.07 Å². The number of aliphatic hydroxyl groups is 1. The van der Waals surface area contributed by atoms with Crippen LogP contribution in [-0.4, -0.2) is 5.11 Å². The van der Waals surface area contributed by atoms with E-state index in [-0.39, 0.29) is 0 Å². The maximum absolute atomic E-state index is 9.57. The van der Waals surface area contributed by atoms with E-state index in [4.69, 9.17) is 39.5 Å². The number of hydrogen-bond donors (Lipinski definition) is 1. The van der Waals surface area contributed by atoms with E-state index in [1.54, 1.807) is 31.2 Å². The molecule has 0 fully saturated rings. The second-order valence-corrected chi connectivity index (χ2v) is 6.23. The first kappa shape index (κ1) is 15.9. The smallest absolute Gasteiger partial charge is 0.147 e. The van der Waals surface area contributed by atoms with Crippen LogP contribution in [0.5, 0.6) is 11.5 Å². The van der Waals surface area contributed by atoms with Crippen LogP contribution < -0.4 is 4.74 Å². The highest BCUT2D eigenvalue weighted by molar-refractivity contribution is 9.10. The third kappa shape index (κ3) is 3.60. The van der Waals surface area contributed by atoms with Crippen molar-refractivity contribution in [3.8, 4) is 11.5 Å². The summed E-state index contributed by atoms with van der Waals surface area (Å²) >= 11 is 21.2. The second-order valence-electron chi connectivity index (χ2n) is 4.16. The lowest BCUT2D eigenvalue weighted by Crippen LogP contribution is -1.93. The van der Waals surface area contributed by atoms with Crippen molar-refractivity contribution in [1.29, 1.82) is 0 Å². The highest BCUT2D eigenvalue weighted by atomic mass is 79.9. The Hall–Kier alpha value is -0.450. The van der Waals surface area contributed by atoms with Gasteiger partial charge in [-0.1, -0.05) is 56.8 Å². The van der Waals surface area contributed by atoms with Crippen molar-refractivity contribution in [2.45, 2.75) is 13.0 Å². The van der Waals surface area contributed by atoms with Gasteiger partial charge in [0.25, 0.3) is 0 Å². The van der Waals surface area contributed by atoms with Crippen LogP contribution in [0.1, 0.15) is 18.6 Å². The third-order valence-corrected chi connectivity index (χ3v) is 4.33. The van der Waals surface area contributed by atoms with Crippen LogP contribution in [-0.2, 0) is 0 Å². The van der Waals surface area contributed by atoms with Crippen molar-refractivity contribution in [2.24, 2.45) is 0 Å². The summed E-state index contributed by atoms with van der Waals surface area (Å²) in [5.41, 5.74) is 0.776. The average molecular weight is 396 g/mol. The molecular formula is C14H10BrCl3O2. The highest BCUT2D eigenvalue weighted by Gasteiger charge is 2.11. The van der Waals surface area contributed by atoms with Gasteiger partial charge in [-0.15, -0.1) is 0 Å². The molecule has 2 aromatic carbocycles. The molecule has 0 aliphatic carbocycles. The number of rotatable bonds is 3. The second kappa shape index (κ2) is 6.54. The van der Waals surface area contributed by atoms with Crippen molar-refractivity contribution < 1.29 is 9.84 Å². The lowest BCUT2D eigenvalue weighted by molar-refractivity contribution is 0.198. The molecule has 1 atom stereocenters. The molecule has 2 aromatic rings. The number of aliphatic hydroxyl groups excluding tert-OH is 1. The number of hydrogen-bond acceptors (Lipinski definition) is 2. The highest BCUT2D eigenvalue weighted by Crippen LogP contribution is 2.37. The largest absolute Gasteiger partial charge is 0.456 e. The fourth-order valence-electron chi connectivity index (χ4n) is 1.62. The summed E-state index contributed by atoms with van der Waals surface area (Å²) in [6, 6.07) is 8.35. The molecule has 20 heavy (non-hydrogen) atoms. The van der Waals surface area contributed by atoms with Crippen molar-refractivity contribution in [2.75, 3.05) is 0 Å². The van der Waals surface area contributed by atoms with Gasteiger partial charge in [-0.3, -0.25) is 0 Å². The molecule has 0 saturated carbocycles. The molecule has 1 N–H and O–H groups in total. The molecule has 0 heterocycles. The Morgan fingerprint density at radius 1 is 1.05 bits per heavy atom. The summed E-state index contributed by atoms with van der Waals surface area (Å²) in [7, 11) is 0. The first-order valence-electron chi connectivity index (χ1n) is 5.68. The molecule has 0 amide bonds. The van der Waals surface area contributed by atoms with Gasteiger partial charge in [-0.25, -0.2) is 0 Å². The van der Waals surface area contributed by atoms with Gasteiger partial charge in [-0.2, -0.15) is 0 Å². The van der Waals surface area contributed by atoms with Crippen LogP contribution in [0.25, 0.3) is 0 Å². The molecule has 6 heteroatoms. The molecule has 0 aliphatic rings. The Kier molecular flexibility index (Phi) is 5.21. The zero-order chi connectivity index (χ0) is 14.9. The normalized spacial score (nSPS) is 12.3. The third-order valence-electron chi connectivity index (χ3n) is 2.62. The first-order valence-corrected chi connectivity index (χ1v) is 7.61. The molecule has 2 rings (SSSR count). The lowest BCUT2D eigenvalue weighted by atomic mass is 10.1. The summed E-state index contributed by atoms with van der Waals surface area (Å²) in [5, 5.41) is 10.7. The van der Waals surface area contributed by atoms with Gasteiger partial charge in [0.2, 0.25) is 0 Å². The number of ether oxygens (including phenoxy) is 1. The van der Waals surface area contributed by atoms with Crippen molar-refractivity contribution >= 4 is 50.7 Å². The van der Waals surface area contributed by atoms with Crippen LogP contribution in [0.4, 0.5) is 0 Å². The molecule has 0 aromatic heterocycles. The molecule has 0 aliphatic heterocycles. The minimum Gasteiger partial charge on any atom is -0.456 e. The van der Waals surface area contributed by atoms with Gasteiger partial charge in [0.05, 0.1) is 21.2 Å². The average Bonchev–Trinajstić information content (AvgIpc) is 2.35. The summed E-state index contributed by atoms with van der Waals surface area (Å²) < 4.78 is 6.42. The maximum Gasteiger partial charge on any atom is 0.147 e. The SMILES string of the molecule is CC(O)c1ccc(Oc2cc(Cl)c(Cl)cc2Cl)cc1Br. The van der Waals surface area contributed by atoms with Crippen LogP contribution in [0.3, 0.4) is 0 Å². The van der Waals surface area contributed by atoms with E-state index in [1.807, 2.05) is 0 Å². The van der Waals surface area contributed by atoms with Crippen molar-refractivity contribution in [1.82, 2.24) is 0 Å². The standard InChI is InChI=1S/C14H10BrCl3O2/c1-7(19)9-3-2-8(4-10(9)15)20-14-6-12(17)11(16)5-13(14)18/h2-7,19H,1H3. The van der Waals surface area contributed by atoms with E-state index in [2.05, 4.69) is 15.9 Å². The minimum atomic E-state index is -0.563. The number of halogens is 4. The quantitative estimate of drug-likeness (QED) is 0.621. The van der Waals surface area contributed by atoms with Gasteiger partial charge in [0, 0.05) is 10.5 Å². The van der Waals surface area contributed by atoms with Crippen LogP contribution >= 0.6 is 50.7 Å². The topological polar surface area (TPSA) is 29.5 Å². The fourth-order valence-corrected chi connectivity index (χ4v) is 2.88. The van der Waals surface area contributed by atoms with Gasteiger partial charge in [-0.05, 0) is 30.7 Å². The molecule has 0 saturated heterocycles. The number of benzene rings is 2. The monoisotopic (exact) mass is 394 g/mol. The van der Waals surface area contributed by atoms with E-state index >= 15 is 0 Å². The molecule has 0 bridgehead atoms. The fraction of sp³-hybridized carbons (Fsp3) is 0.143. The molecule has 106 valence electrons. The Labute approximate surface area is 140 Å². The van der Waals surface area contributed by atoms with E-state index in [0.717, 1.165) is 10.0 Å². The van der Waals surface area contributed by atoms with Gasteiger partial charge < -0.3 is 9.84 Å². The first-order chi connectivity index (χ1) is 9.38. The molecular weight excluding hydrogens is 386 g/mol. The molecule has 0 radical (unpaired) electrons. The lowest BCUT2D eigenvalue weighted by Gasteiger charge is -2.12. The van der Waals surface area contributed by atoms with Gasteiger partial charge >= 0.3 is 0 Å². The predicted octanol–water partition coefficient (Wildman–Crippen LogP) is 6.25. The minimum absolute atomic E-state index is 0.366. The van der Waals surface area contributed by atoms with E-state index in [0.29, 0.717) is 26.6 Å². The predicted molar refractivity (Wildman–Crippen MR) is 86.3 cm³/mol. The van der Waals surface area contributed by atoms with Crippen molar-refractivity contribution in [3.05, 3.63) is 55.4 Å². The Morgan fingerprint density at radius 2 is 1.70 bits per heavy atom. The Bertz CT molecular complexity index is 645. The van der Waals surface area contributed by atoms with Crippen LogP contribution in [0.2, 0.25) is 15.1 Å². The van der Waals surface area contributed by atoms with Gasteiger partial charge in [0.1, 0.15) is 11.5 Å². The van der Waals surface area contributed by atoms with E-state index < -0.39 is 6.10 Å². The summed E-state index contributed by atoms with van der Waals surface area (Å²) in [6.07, 6.45) is -0.563. The molecule has 2 nitrogen and oxygen atoms in total. The summed E-state index contributed by atoms with van der Waals surface area (Å²) in [5.74, 6) is 0.985. The Morgan fingerprint density at radius 3 is 2.30 bits per heavy atom. The maximum atomic E-state index is 9.57. The zero-order valence-corrected chi connectivity index (χ0v) is 14.2. The van der Waals surface area contributed by atoms with Crippen LogP contribution in [0.15, 0.2) is 34.8 Å². The molecule has 0 spiro atoms. The Balaban J connectivity index is 2.31. The van der Waals surface area contributed by atoms with Crippen LogP contribution in [0, 0.1) is 0 Å². The molecule has 1 unspecified atom stereocenters. The summed E-state index contributed by atoms with van der Waals surface area (Å²) in [4.78, 5) is 0. The summed E-state index contributed by atoms with van der Waals surface area (Å²) in [6.45, 7) is 1.69. The zero-order valence-electron chi connectivity index (χ0n) is 10.3. The van der Waals surface area contributed by atoms with Gasteiger partial charge in [0.15, 0.2) is 0 Å². The van der Waals surface area contributed by atoms with Crippen molar-refractivity contribution in [3.63, 3.8) is 0 Å².